The zero-order valence-corrected chi connectivity index (χ0v) is 23.6. The number of anilines is 1. The number of methoxy groups -OCH3 is 1. The molecule has 3 aromatic carbocycles. The summed E-state index contributed by atoms with van der Waals surface area (Å²) in [7, 11) is 1.30. The van der Waals surface area contributed by atoms with E-state index < -0.39 is 12.0 Å². The van der Waals surface area contributed by atoms with Gasteiger partial charge < -0.3 is 20.3 Å². The third kappa shape index (κ3) is 6.99. The van der Waals surface area contributed by atoms with E-state index in [9.17, 15) is 14.4 Å². The number of nitrogens with zero attached hydrogens (tertiary/aromatic N) is 2. The second-order valence-corrected chi connectivity index (χ2v) is 10.9. The molecule has 1 aromatic heterocycles. The maximum Gasteiger partial charge on any atom is 0.337 e. The summed E-state index contributed by atoms with van der Waals surface area (Å²) in [4.78, 5) is 44.9. The molecular weight excluding hydrogens is 536 g/mol. The van der Waals surface area contributed by atoms with E-state index in [0.29, 0.717) is 17.8 Å². The van der Waals surface area contributed by atoms with Gasteiger partial charge in [-0.15, -0.1) is 11.3 Å². The normalized spacial score (nSPS) is 15.8. The molecule has 1 heterocycles. The lowest BCUT2D eigenvalue weighted by Crippen LogP contribution is -2.46. The molecule has 210 valence electrons. The minimum atomic E-state index is -0.542. The second kappa shape index (κ2) is 13.2. The number of rotatable bonds is 9. The van der Waals surface area contributed by atoms with E-state index in [4.69, 9.17) is 4.74 Å². The fraction of sp³-hybridized carbons (Fsp3) is 0.250. The van der Waals surface area contributed by atoms with Crippen molar-refractivity contribution in [2.24, 2.45) is 5.92 Å². The zero-order valence-electron chi connectivity index (χ0n) is 22.8. The van der Waals surface area contributed by atoms with Crippen molar-refractivity contribution in [1.82, 2.24) is 15.2 Å². The van der Waals surface area contributed by atoms with Gasteiger partial charge in [-0.2, -0.15) is 0 Å². The molecule has 4 aromatic rings. The van der Waals surface area contributed by atoms with Crippen molar-refractivity contribution in [3.63, 3.8) is 0 Å². The number of fused-ring (bicyclic) bond motifs is 1. The highest BCUT2D eigenvalue weighted by atomic mass is 32.1. The molecule has 2 atom stereocenters. The fourth-order valence-corrected chi connectivity index (χ4v) is 6.06. The number of thiazole rings is 1. The van der Waals surface area contributed by atoms with Gasteiger partial charge in [0.1, 0.15) is 5.01 Å². The van der Waals surface area contributed by atoms with E-state index in [1.807, 2.05) is 40.6 Å². The fourth-order valence-electron chi connectivity index (χ4n) is 5.45. The number of hydrogen-bond acceptors (Lipinski definition) is 6. The van der Waals surface area contributed by atoms with E-state index in [-0.39, 0.29) is 24.4 Å². The van der Waals surface area contributed by atoms with Crippen LogP contribution in [0.4, 0.5) is 10.5 Å². The van der Waals surface area contributed by atoms with Gasteiger partial charge in [0, 0.05) is 17.3 Å². The molecule has 1 aliphatic carbocycles. The van der Waals surface area contributed by atoms with Crippen LogP contribution in [0, 0.1) is 5.92 Å². The Morgan fingerprint density at radius 3 is 2.61 bits per heavy atom. The van der Waals surface area contributed by atoms with Crippen LogP contribution in [0.5, 0.6) is 0 Å². The van der Waals surface area contributed by atoms with Crippen LogP contribution < -0.4 is 10.6 Å². The molecule has 0 aliphatic heterocycles. The van der Waals surface area contributed by atoms with Gasteiger partial charge in [0.2, 0.25) is 5.91 Å². The van der Waals surface area contributed by atoms with Crippen LogP contribution in [-0.2, 0) is 28.9 Å². The topological polar surface area (TPSA) is 101 Å². The number of amides is 3. The molecule has 2 N–H and O–H groups in total. The molecule has 9 heteroatoms. The summed E-state index contributed by atoms with van der Waals surface area (Å²) in [5, 5.41) is 8.15. The third-order valence-electron chi connectivity index (χ3n) is 7.33. The highest BCUT2D eigenvalue weighted by molar-refractivity contribution is 7.09. The minimum absolute atomic E-state index is 0.168. The first-order valence-corrected chi connectivity index (χ1v) is 14.4. The number of carbonyl (C=O) groups is 3. The summed E-state index contributed by atoms with van der Waals surface area (Å²) in [6.45, 7) is 0.163. The van der Waals surface area contributed by atoms with Crippen LogP contribution in [-0.4, -0.2) is 41.4 Å². The average Bonchev–Trinajstić information content (AvgIpc) is 3.52. The van der Waals surface area contributed by atoms with Crippen molar-refractivity contribution in [2.45, 2.75) is 31.8 Å². The smallest absolute Gasteiger partial charge is 0.337 e. The summed E-state index contributed by atoms with van der Waals surface area (Å²) in [5.41, 5.74) is 4.36. The van der Waals surface area contributed by atoms with Crippen LogP contribution in [0.25, 0.3) is 0 Å². The Morgan fingerprint density at radius 1 is 1.02 bits per heavy atom. The molecule has 41 heavy (non-hydrogen) atoms. The van der Waals surface area contributed by atoms with Gasteiger partial charge in [0.05, 0.1) is 31.8 Å². The van der Waals surface area contributed by atoms with Crippen LogP contribution in [0.1, 0.15) is 44.5 Å². The van der Waals surface area contributed by atoms with E-state index in [1.54, 1.807) is 24.4 Å². The second-order valence-electron chi connectivity index (χ2n) is 9.96. The molecule has 1 aliphatic rings. The number of urea groups is 1. The SMILES string of the molecule is COC(=O)c1cccc(NC(=O)NCC(=O)N(Cc2nccs2)[C@@H]2c3ccccc3CC[C@H]2Cc2ccccc2)c1. The molecule has 0 radical (unpaired) electrons. The molecule has 0 spiro atoms. The van der Waals surface area contributed by atoms with E-state index >= 15 is 0 Å². The number of aromatic nitrogens is 1. The van der Waals surface area contributed by atoms with Gasteiger partial charge in [-0.3, -0.25) is 4.79 Å². The molecule has 0 fully saturated rings. The lowest BCUT2D eigenvalue weighted by Gasteiger charge is -2.41. The van der Waals surface area contributed by atoms with Crippen molar-refractivity contribution >= 4 is 34.9 Å². The summed E-state index contributed by atoms with van der Waals surface area (Å²) in [6.07, 6.45) is 4.48. The molecule has 0 saturated heterocycles. The van der Waals surface area contributed by atoms with Gasteiger partial charge in [-0.05, 0) is 60.1 Å². The van der Waals surface area contributed by atoms with Gasteiger partial charge in [-0.25, -0.2) is 14.6 Å². The first kappa shape index (κ1) is 28.0. The van der Waals surface area contributed by atoms with Crippen molar-refractivity contribution in [1.29, 1.82) is 0 Å². The number of esters is 1. The quantitative estimate of drug-likeness (QED) is 0.255. The Balaban J connectivity index is 1.37. The number of aryl methyl sites for hydroxylation is 1. The number of ether oxygens (including phenoxy) is 1. The molecule has 0 bridgehead atoms. The highest BCUT2D eigenvalue weighted by Gasteiger charge is 2.36. The average molecular weight is 569 g/mol. The third-order valence-corrected chi connectivity index (χ3v) is 8.10. The maximum absolute atomic E-state index is 13.9. The molecule has 8 nitrogen and oxygen atoms in total. The molecule has 3 amide bonds. The van der Waals surface area contributed by atoms with E-state index in [2.05, 4.69) is 39.9 Å². The summed E-state index contributed by atoms with van der Waals surface area (Å²) < 4.78 is 4.75. The summed E-state index contributed by atoms with van der Waals surface area (Å²) >= 11 is 1.51. The first-order chi connectivity index (χ1) is 20.0. The Bertz CT molecular complexity index is 1490. The van der Waals surface area contributed by atoms with Crippen LogP contribution in [0.15, 0.2) is 90.4 Å². The first-order valence-electron chi connectivity index (χ1n) is 13.5. The zero-order chi connectivity index (χ0) is 28.6. The van der Waals surface area contributed by atoms with Gasteiger partial charge in [-0.1, -0.05) is 60.7 Å². The van der Waals surface area contributed by atoms with Crippen molar-refractivity contribution in [3.05, 3.63) is 118 Å². The predicted molar refractivity (Wildman–Crippen MR) is 159 cm³/mol. The van der Waals surface area contributed by atoms with Crippen LogP contribution in [0.2, 0.25) is 0 Å². The lowest BCUT2D eigenvalue weighted by atomic mass is 9.76. The van der Waals surface area contributed by atoms with Crippen molar-refractivity contribution < 1.29 is 19.1 Å². The van der Waals surface area contributed by atoms with Crippen molar-refractivity contribution in [2.75, 3.05) is 19.0 Å². The standard InChI is InChI=1S/C32H32N4O4S/c1-40-31(38)25-11-7-12-26(19-25)35-32(39)34-20-29(37)36(21-28-33-16-17-41-28)30-24(18-22-8-3-2-4-9-22)15-14-23-10-5-6-13-27(23)30/h2-13,16-17,19,24,30H,14-15,18,20-21H2,1H3,(H2,34,35,39)/t24-,30-/m0/s1. The minimum Gasteiger partial charge on any atom is -0.465 e. The summed E-state index contributed by atoms with van der Waals surface area (Å²) in [5.74, 6) is -0.496. The van der Waals surface area contributed by atoms with E-state index in [0.717, 1.165) is 29.8 Å². The molecular formula is C32H32N4O4S. The Hall–Kier alpha value is -4.50. The van der Waals surface area contributed by atoms with Crippen molar-refractivity contribution in [3.8, 4) is 0 Å². The number of benzene rings is 3. The van der Waals surface area contributed by atoms with Gasteiger partial charge >= 0.3 is 12.0 Å². The number of hydrogen-bond donors (Lipinski definition) is 2. The lowest BCUT2D eigenvalue weighted by molar-refractivity contribution is -0.135. The molecule has 0 unspecified atom stereocenters. The monoisotopic (exact) mass is 568 g/mol. The Labute approximate surface area is 243 Å². The number of carbonyl (C=O) groups excluding carboxylic acids is 3. The Kier molecular flexibility index (Phi) is 9.05. The van der Waals surface area contributed by atoms with E-state index in [1.165, 1.54) is 35.6 Å². The van der Waals surface area contributed by atoms with Gasteiger partial charge in [0.15, 0.2) is 0 Å². The summed E-state index contributed by atoms with van der Waals surface area (Å²) in [6, 6.07) is 24.4. The highest BCUT2D eigenvalue weighted by Crippen LogP contribution is 2.41. The van der Waals surface area contributed by atoms with Crippen LogP contribution >= 0.6 is 11.3 Å². The largest absolute Gasteiger partial charge is 0.465 e. The maximum atomic E-state index is 13.9. The van der Waals surface area contributed by atoms with Gasteiger partial charge in [0.25, 0.3) is 0 Å². The van der Waals surface area contributed by atoms with Crippen LogP contribution in [0.3, 0.4) is 0 Å². The molecule has 5 rings (SSSR count). The molecule has 0 saturated carbocycles. The predicted octanol–water partition coefficient (Wildman–Crippen LogP) is 5.63. The Morgan fingerprint density at radius 2 is 1.83 bits per heavy atom. The number of nitrogens with one attached hydrogen (secondary N) is 2.